The van der Waals surface area contributed by atoms with Crippen molar-refractivity contribution >= 4 is 16.8 Å². The molecule has 3 aromatic rings. The van der Waals surface area contributed by atoms with Crippen molar-refractivity contribution in [3.05, 3.63) is 65.1 Å². The van der Waals surface area contributed by atoms with Crippen LogP contribution in [0.5, 0.6) is 5.75 Å². The molecule has 5 nitrogen and oxygen atoms in total. The molecule has 32 heavy (non-hydrogen) atoms. The van der Waals surface area contributed by atoms with E-state index in [-0.39, 0.29) is 17.5 Å². The Balaban J connectivity index is 1.21. The number of carbonyl (C=O) groups is 1. The Hall–Kier alpha value is -3.07. The second-order valence-corrected chi connectivity index (χ2v) is 7.88. The minimum Gasteiger partial charge on any atom is -0.406 e. The van der Waals surface area contributed by atoms with Gasteiger partial charge in [-0.3, -0.25) is 9.69 Å². The topological polar surface area (TPSA) is 57.4 Å². The molecule has 2 N–H and O–H groups in total. The minimum atomic E-state index is -4.70. The lowest BCUT2D eigenvalue weighted by molar-refractivity contribution is -0.274. The molecule has 170 valence electrons. The molecule has 0 fully saturated rings. The van der Waals surface area contributed by atoms with Crippen LogP contribution in [0.15, 0.2) is 42.5 Å². The molecule has 0 aliphatic carbocycles. The van der Waals surface area contributed by atoms with Gasteiger partial charge in [-0.25, -0.2) is 4.39 Å². The second kappa shape index (κ2) is 9.20. The number of H-pyrrole nitrogens is 1. The summed E-state index contributed by atoms with van der Waals surface area (Å²) in [6.45, 7) is 2.69. The second-order valence-electron chi connectivity index (χ2n) is 7.88. The first-order chi connectivity index (χ1) is 15.3. The van der Waals surface area contributed by atoms with Crippen molar-refractivity contribution in [2.24, 2.45) is 0 Å². The number of hydrogen-bond acceptors (Lipinski definition) is 3. The van der Waals surface area contributed by atoms with Crippen molar-refractivity contribution in [1.82, 2.24) is 15.2 Å². The number of halogens is 4. The first-order valence-electron chi connectivity index (χ1n) is 10.4. The Kier molecular flexibility index (Phi) is 6.36. The summed E-state index contributed by atoms with van der Waals surface area (Å²) in [4.78, 5) is 17.5. The van der Waals surface area contributed by atoms with Gasteiger partial charge >= 0.3 is 6.36 Å². The smallest absolute Gasteiger partial charge is 0.406 e. The van der Waals surface area contributed by atoms with Crippen molar-refractivity contribution < 1.29 is 27.1 Å². The molecule has 0 saturated carbocycles. The zero-order valence-electron chi connectivity index (χ0n) is 17.3. The number of carbonyl (C=O) groups excluding carboxylic acids is 1. The van der Waals surface area contributed by atoms with E-state index in [9.17, 15) is 22.4 Å². The monoisotopic (exact) mass is 449 g/mol. The molecular weight excluding hydrogens is 426 g/mol. The van der Waals surface area contributed by atoms with Crippen LogP contribution in [-0.4, -0.2) is 41.8 Å². The molecule has 9 heteroatoms. The largest absolute Gasteiger partial charge is 0.573 e. The van der Waals surface area contributed by atoms with Crippen LogP contribution < -0.4 is 10.1 Å². The number of amides is 1. The quantitative estimate of drug-likeness (QED) is 0.404. The van der Waals surface area contributed by atoms with Gasteiger partial charge in [-0.1, -0.05) is 6.07 Å². The minimum absolute atomic E-state index is 0.194. The maximum Gasteiger partial charge on any atom is 0.573 e. The number of unbranched alkanes of at least 4 members (excludes halogenated alkanes) is 1. The van der Waals surface area contributed by atoms with Gasteiger partial charge in [0.05, 0.1) is 0 Å². The number of aromatic nitrogens is 1. The predicted molar refractivity (Wildman–Crippen MR) is 112 cm³/mol. The maximum atomic E-state index is 13.3. The summed E-state index contributed by atoms with van der Waals surface area (Å²) in [6, 6.07) is 10.4. The van der Waals surface area contributed by atoms with Crippen LogP contribution in [0.25, 0.3) is 10.9 Å². The fraction of sp³-hybridized carbons (Fsp3) is 0.348. The van der Waals surface area contributed by atoms with Crippen molar-refractivity contribution in [2.45, 2.75) is 32.2 Å². The number of nitrogens with zero attached hydrogens (tertiary/aromatic N) is 1. The number of benzene rings is 2. The molecule has 1 aliphatic rings. The van der Waals surface area contributed by atoms with E-state index in [0.29, 0.717) is 29.7 Å². The zero-order chi connectivity index (χ0) is 22.7. The van der Waals surface area contributed by atoms with E-state index in [2.05, 4.69) is 19.9 Å². The van der Waals surface area contributed by atoms with Gasteiger partial charge in [-0.05, 0) is 73.3 Å². The van der Waals surface area contributed by atoms with Crippen LogP contribution in [0.2, 0.25) is 0 Å². The Labute approximate surface area is 182 Å². The average Bonchev–Trinajstić information content (AvgIpc) is 3.15. The normalized spacial score (nSPS) is 14.4. The van der Waals surface area contributed by atoms with E-state index >= 15 is 0 Å². The molecule has 1 aromatic heterocycles. The third kappa shape index (κ3) is 5.59. The third-order valence-corrected chi connectivity index (χ3v) is 5.52. The number of aromatic amines is 1. The van der Waals surface area contributed by atoms with Crippen LogP contribution in [0, 0.1) is 5.82 Å². The molecule has 0 spiro atoms. The molecule has 2 aromatic carbocycles. The Bertz CT molecular complexity index is 1110. The summed E-state index contributed by atoms with van der Waals surface area (Å²) in [5, 5.41) is 3.49. The summed E-state index contributed by atoms with van der Waals surface area (Å²) < 4.78 is 54.6. The highest BCUT2D eigenvalue weighted by Gasteiger charge is 2.31. The van der Waals surface area contributed by atoms with Gasteiger partial charge in [-0.15, -0.1) is 13.2 Å². The van der Waals surface area contributed by atoms with E-state index < -0.39 is 6.36 Å². The maximum absolute atomic E-state index is 13.3. The number of hydrogen-bond donors (Lipinski definition) is 2. The summed E-state index contributed by atoms with van der Waals surface area (Å²) >= 11 is 0. The molecular formula is C23H23F4N3O2. The van der Waals surface area contributed by atoms with E-state index in [1.165, 1.54) is 24.3 Å². The fourth-order valence-electron chi connectivity index (χ4n) is 3.96. The van der Waals surface area contributed by atoms with Gasteiger partial charge < -0.3 is 15.0 Å². The van der Waals surface area contributed by atoms with Crippen molar-refractivity contribution in [1.29, 1.82) is 0 Å². The highest BCUT2D eigenvalue weighted by molar-refractivity contribution is 5.97. The third-order valence-electron chi connectivity index (χ3n) is 5.52. The number of fused-ring (bicyclic) bond motifs is 2. The summed E-state index contributed by atoms with van der Waals surface area (Å²) in [7, 11) is 0. The number of ether oxygens (including phenoxy) is 1. The van der Waals surface area contributed by atoms with E-state index in [0.717, 1.165) is 43.5 Å². The van der Waals surface area contributed by atoms with Gasteiger partial charge in [-0.2, -0.15) is 0 Å². The van der Waals surface area contributed by atoms with Crippen LogP contribution in [0.4, 0.5) is 17.6 Å². The highest BCUT2D eigenvalue weighted by atomic mass is 19.4. The van der Waals surface area contributed by atoms with Crippen LogP contribution in [0.1, 0.15) is 34.5 Å². The molecule has 2 heterocycles. The number of alkyl halides is 3. The van der Waals surface area contributed by atoms with Crippen molar-refractivity contribution in [3.63, 3.8) is 0 Å². The van der Waals surface area contributed by atoms with Gasteiger partial charge in [0.25, 0.3) is 5.91 Å². The predicted octanol–water partition coefficient (Wildman–Crippen LogP) is 4.77. The van der Waals surface area contributed by atoms with Crippen LogP contribution in [-0.2, 0) is 13.0 Å². The number of nitrogens with one attached hydrogen (secondary N) is 2. The summed E-state index contributed by atoms with van der Waals surface area (Å²) in [6.07, 6.45) is -2.32. The lowest BCUT2D eigenvalue weighted by Gasteiger charge is -2.29. The highest BCUT2D eigenvalue weighted by Crippen LogP contribution is 2.28. The lowest BCUT2D eigenvalue weighted by Crippen LogP contribution is -2.32. The molecule has 0 atom stereocenters. The molecule has 1 amide bonds. The number of rotatable bonds is 7. The molecule has 0 unspecified atom stereocenters. The van der Waals surface area contributed by atoms with E-state index in [4.69, 9.17) is 0 Å². The molecule has 0 bridgehead atoms. The van der Waals surface area contributed by atoms with Crippen LogP contribution in [0.3, 0.4) is 0 Å². The molecule has 1 aliphatic heterocycles. The van der Waals surface area contributed by atoms with E-state index in [1.807, 2.05) is 0 Å². The Morgan fingerprint density at radius 1 is 1.09 bits per heavy atom. The molecule has 4 rings (SSSR count). The Morgan fingerprint density at radius 3 is 2.75 bits per heavy atom. The standard InChI is InChI=1S/C23H23F4N3O2/c24-18-4-6-20-16(11-18)13-21(29-20)22(31)28-8-1-2-9-30-10-7-15-3-5-19(12-17(15)14-30)32-23(25,26)27/h3-6,11-13,29H,1-2,7-10,14H2,(H,28,31). The van der Waals surface area contributed by atoms with Crippen molar-refractivity contribution in [2.75, 3.05) is 19.6 Å². The van der Waals surface area contributed by atoms with Gasteiger partial charge in [0, 0.05) is 30.5 Å². The Morgan fingerprint density at radius 2 is 1.94 bits per heavy atom. The SMILES string of the molecule is O=C(NCCCCN1CCc2ccc(OC(F)(F)F)cc2C1)c1cc2cc(F)ccc2[nH]1. The summed E-state index contributed by atoms with van der Waals surface area (Å²) in [5.41, 5.74) is 2.98. The zero-order valence-corrected chi connectivity index (χ0v) is 17.3. The first-order valence-corrected chi connectivity index (χ1v) is 10.4. The molecule has 0 saturated heterocycles. The van der Waals surface area contributed by atoms with Crippen molar-refractivity contribution in [3.8, 4) is 5.75 Å². The van der Waals surface area contributed by atoms with Gasteiger partial charge in [0.15, 0.2) is 0 Å². The van der Waals surface area contributed by atoms with Gasteiger partial charge in [0.2, 0.25) is 0 Å². The lowest BCUT2D eigenvalue weighted by atomic mass is 9.99. The first kappa shape index (κ1) is 22.1. The van der Waals surface area contributed by atoms with Crippen LogP contribution >= 0.6 is 0 Å². The molecule has 0 radical (unpaired) electrons. The summed E-state index contributed by atoms with van der Waals surface area (Å²) in [5.74, 6) is -0.792. The average molecular weight is 449 g/mol. The van der Waals surface area contributed by atoms with E-state index in [1.54, 1.807) is 18.2 Å². The fourth-order valence-corrected chi connectivity index (χ4v) is 3.96. The van der Waals surface area contributed by atoms with Gasteiger partial charge in [0.1, 0.15) is 17.3 Å².